The van der Waals surface area contributed by atoms with Crippen LogP contribution in [0.3, 0.4) is 0 Å². The van der Waals surface area contributed by atoms with E-state index in [0.29, 0.717) is 18.2 Å². The number of amides is 1. The lowest BCUT2D eigenvalue weighted by atomic mass is 9.91. The van der Waals surface area contributed by atoms with Gasteiger partial charge in [0.25, 0.3) is 0 Å². The first-order valence-electron chi connectivity index (χ1n) is 9.69. The average Bonchev–Trinajstić information content (AvgIpc) is 2.67. The summed E-state index contributed by atoms with van der Waals surface area (Å²) in [5, 5.41) is 0. The molecule has 2 heterocycles. The summed E-state index contributed by atoms with van der Waals surface area (Å²) in [6.07, 6.45) is 2.76. The van der Waals surface area contributed by atoms with Gasteiger partial charge in [-0.1, -0.05) is 18.2 Å². The van der Waals surface area contributed by atoms with Gasteiger partial charge in [0, 0.05) is 64.0 Å². The van der Waals surface area contributed by atoms with Crippen LogP contribution in [0, 0.1) is 5.92 Å². The van der Waals surface area contributed by atoms with Crippen molar-refractivity contribution in [3.8, 4) is 0 Å². The number of carbonyl (C=O) groups excluding carboxylic acids is 1. The first kappa shape index (κ1) is 18.2. The van der Waals surface area contributed by atoms with Crippen LogP contribution in [0.1, 0.15) is 26.2 Å². The molecule has 2 saturated heterocycles. The van der Waals surface area contributed by atoms with E-state index in [1.54, 1.807) is 0 Å². The maximum Gasteiger partial charge on any atom is 0.223 e. The molecule has 5 nitrogen and oxygen atoms in total. The molecule has 25 heavy (non-hydrogen) atoms. The number of nitrogens with two attached hydrogens (primary N) is 1. The number of piperidine rings is 1. The molecule has 0 aliphatic carbocycles. The van der Waals surface area contributed by atoms with Gasteiger partial charge in [0.2, 0.25) is 5.91 Å². The molecular weight excluding hydrogens is 312 g/mol. The Hall–Kier alpha value is -1.59. The summed E-state index contributed by atoms with van der Waals surface area (Å²) < 4.78 is 0. The molecule has 1 aromatic carbocycles. The van der Waals surface area contributed by atoms with Crippen LogP contribution in [0.15, 0.2) is 30.3 Å². The van der Waals surface area contributed by atoms with Crippen molar-refractivity contribution in [2.24, 2.45) is 11.7 Å². The van der Waals surface area contributed by atoms with E-state index in [1.807, 2.05) is 4.90 Å². The van der Waals surface area contributed by atoms with Crippen molar-refractivity contribution < 1.29 is 4.79 Å². The number of anilines is 1. The second-order valence-electron chi connectivity index (χ2n) is 7.49. The standard InChI is InChI=1S/C20H32N4O/c1-17(21)18-7-11-24(12-8-18)20(25)9-10-22-13-15-23(16-14-22)19-5-3-2-4-6-19/h2-6,17-18H,7-16,21H2,1H3. The average molecular weight is 345 g/mol. The van der Waals surface area contributed by atoms with E-state index < -0.39 is 0 Å². The number of para-hydroxylation sites is 1. The van der Waals surface area contributed by atoms with E-state index in [0.717, 1.165) is 58.7 Å². The van der Waals surface area contributed by atoms with Gasteiger partial charge in [-0.25, -0.2) is 0 Å². The predicted molar refractivity (Wildman–Crippen MR) is 103 cm³/mol. The minimum absolute atomic E-state index is 0.248. The molecule has 138 valence electrons. The predicted octanol–water partition coefficient (Wildman–Crippen LogP) is 1.78. The van der Waals surface area contributed by atoms with Gasteiger partial charge in [-0.05, 0) is 37.8 Å². The number of benzene rings is 1. The fraction of sp³-hybridized carbons (Fsp3) is 0.650. The number of nitrogens with zero attached hydrogens (tertiary/aromatic N) is 3. The van der Waals surface area contributed by atoms with Crippen molar-refractivity contribution in [2.45, 2.75) is 32.2 Å². The van der Waals surface area contributed by atoms with Gasteiger partial charge in [0.15, 0.2) is 0 Å². The molecule has 0 radical (unpaired) electrons. The van der Waals surface area contributed by atoms with Crippen LogP contribution in [0.25, 0.3) is 0 Å². The first-order chi connectivity index (χ1) is 12.1. The van der Waals surface area contributed by atoms with Crippen LogP contribution >= 0.6 is 0 Å². The quantitative estimate of drug-likeness (QED) is 0.885. The molecule has 1 amide bonds. The lowest BCUT2D eigenvalue weighted by molar-refractivity contribution is -0.133. The maximum atomic E-state index is 12.5. The third-order valence-electron chi connectivity index (χ3n) is 5.77. The highest BCUT2D eigenvalue weighted by Gasteiger charge is 2.25. The minimum Gasteiger partial charge on any atom is -0.369 e. The Morgan fingerprint density at radius 2 is 1.72 bits per heavy atom. The molecule has 1 unspecified atom stereocenters. The molecule has 0 spiro atoms. The smallest absolute Gasteiger partial charge is 0.223 e. The van der Waals surface area contributed by atoms with Gasteiger partial charge in [-0.2, -0.15) is 0 Å². The van der Waals surface area contributed by atoms with Gasteiger partial charge >= 0.3 is 0 Å². The highest BCUT2D eigenvalue weighted by atomic mass is 16.2. The molecule has 3 rings (SSSR count). The molecule has 0 bridgehead atoms. The number of hydrogen-bond acceptors (Lipinski definition) is 4. The Kier molecular flexibility index (Phi) is 6.32. The highest BCUT2D eigenvalue weighted by Crippen LogP contribution is 2.20. The van der Waals surface area contributed by atoms with E-state index >= 15 is 0 Å². The molecular formula is C20H32N4O. The maximum absolute atomic E-state index is 12.5. The van der Waals surface area contributed by atoms with Crippen molar-refractivity contribution in [3.63, 3.8) is 0 Å². The summed E-state index contributed by atoms with van der Waals surface area (Å²) in [6.45, 7) is 8.88. The largest absolute Gasteiger partial charge is 0.369 e. The molecule has 2 N–H and O–H groups in total. The molecule has 0 saturated carbocycles. The molecule has 2 aliphatic heterocycles. The zero-order chi connectivity index (χ0) is 17.6. The number of rotatable bonds is 5. The SMILES string of the molecule is CC(N)C1CCN(C(=O)CCN2CCN(c3ccccc3)CC2)CC1. The van der Waals surface area contributed by atoms with Crippen molar-refractivity contribution in [3.05, 3.63) is 30.3 Å². The molecule has 0 aromatic heterocycles. The summed E-state index contributed by atoms with van der Waals surface area (Å²) in [7, 11) is 0. The van der Waals surface area contributed by atoms with Crippen LogP contribution in [0.4, 0.5) is 5.69 Å². The van der Waals surface area contributed by atoms with Gasteiger partial charge < -0.3 is 15.5 Å². The van der Waals surface area contributed by atoms with Crippen molar-refractivity contribution in [2.75, 3.05) is 50.7 Å². The summed E-state index contributed by atoms with van der Waals surface area (Å²) in [5.74, 6) is 0.892. The molecule has 1 atom stereocenters. The fourth-order valence-corrected chi connectivity index (χ4v) is 3.96. The Bertz CT molecular complexity index is 532. The van der Waals surface area contributed by atoms with E-state index in [4.69, 9.17) is 5.73 Å². The summed E-state index contributed by atoms with van der Waals surface area (Å²) in [6, 6.07) is 10.8. The summed E-state index contributed by atoms with van der Waals surface area (Å²) in [4.78, 5) is 19.4. The van der Waals surface area contributed by atoms with Crippen molar-refractivity contribution >= 4 is 11.6 Å². The normalized spacial score (nSPS) is 21.4. The Morgan fingerprint density at radius 3 is 2.32 bits per heavy atom. The fourth-order valence-electron chi connectivity index (χ4n) is 3.96. The van der Waals surface area contributed by atoms with E-state index in [9.17, 15) is 4.79 Å². The van der Waals surface area contributed by atoms with Gasteiger partial charge in [0.1, 0.15) is 0 Å². The van der Waals surface area contributed by atoms with Crippen LogP contribution in [-0.4, -0.2) is 67.6 Å². The number of piperazine rings is 1. The summed E-state index contributed by atoms with van der Waals surface area (Å²) in [5.41, 5.74) is 7.29. The Labute approximate surface area is 151 Å². The minimum atomic E-state index is 0.248. The molecule has 2 fully saturated rings. The van der Waals surface area contributed by atoms with Crippen LogP contribution < -0.4 is 10.6 Å². The van der Waals surface area contributed by atoms with Gasteiger partial charge in [0.05, 0.1) is 0 Å². The summed E-state index contributed by atoms with van der Waals surface area (Å²) >= 11 is 0. The third-order valence-corrected chi connectivity index (χ3v) is 5.77. The van der Waals surface area contributed by atoms with Gasteiger partial charge in [-0.15, -0.1) is 0 Å². The Balaban J connectivity index is 1.36. The first-order valence-corrected chi connectivity index (χ1v) is 9.69. The van der Waals surface area contributed by atoms with Crippen molar-refractivity contribution in [1.29, 1.82) is 0 Å². The number of likely N-dealkylation sites (tertiary alicyclic amines) is 1. The van der Waals surface area contributed by atoms with E-state index in [-0.39, 0.29) is 6.04 Å². The monoisotopic (exact) mass is 344 g/mol. The van der Waals surface area contributed by atoms with Crippen LogP contribution in [0.2, 0.25) is 0 Å². The number of carbonyl (C=O) groups is 1. The zero-order valence-corrected chi connectivity index (χ0v) is 15.4. The second-order valence-corrected chi connectivity index (χ2v) is 7.49. The third kappa shape index (κ3) is 4.95. The second kappa shape index (κ2) is 8.68. The lowest BCUT2D eigenvalue weighted by Gasteiger charge is -2.37. The zero-order valence-electron chi connectivity index (χ0n) is 15.4. The topological polar surface area (TPSA) is 52.8 Å². The van der Waals surface area contributed by atoms with Gasteiger partial charge in [-0.3, -0.25) is 9.69 Å². The molecule has 5 heteroatoms. The van der Waals surface area contributed by atoms with Crippen LogP contribution in [0.5, 0.6) is 0 Å². The van der Waals surface area contributed by atoms with Crippen molar-refractivity contribution in [1.82, 2.24) is 9.80 Å². The van der Waals surface area contributed by atoms with E-state index in [1.165, 1.54) is 5.69 Å². The molecule has 1 aromatic rings. The number of hydrogen-bond donors (Lipinski definition) is 1. The Morgan fingerprint density at radius 1 is 1.08 bits per heavy atom. The van der Waals surface area contributed by atoms with E-state index in [2.05, 4.69) is 47.1 Å². The lowest BCUT2D eigenvalue weighted by Crippen LogP contribution is -2.48. The molecule has 2 aliphatic rings. The van der Waals surface area contributed by atoms with Crippen LogP contribution in [-0.2, 0) is 4.79 Å². The highest BCUT2D eigenvalue weighted by molar-refractivity contribution is 5.76.